The van der Waals surface area contributed by atoms with Crippen LogP contribution in [0.25, 0.3) is 0 Å². The van der Waals surface area contributed by atoms with Crippen molar-refractivity contribution in [1.29, 1.82) is 0 Å². The zero-order chi connectivity index (χ0) is 9.61. The van der Waals surface area contributed by atoms with Gasteiger partial charge in [0.25, 0.3) is 0 Å². The predicted octanol–water partition coefficient (Wildman–Crippen LogP) is -0.802. The molecule has 5 heteroatoms. The minimum Gasteiger partial charge on any atom is -0.303 e. The van der Waals surface area contributed by atoms with Crippen molar-refractivity contribution in [2.75, 3.05) is 34.7 Å². The minimum absolute atomic E-state index is 0.870. The van der Waals surface area contributed by atoms with Gasteiger partial charge in [-0.3, -0.25) is 4.57 Å². The van der Waals surface area contributed by atoms with Crippen LogP contribution in [0.4, 0.5) is 0 Å². The molecular weight excluding hydrogens is 168 g/mol. The summed E-state index contributed by atoms with van der Waals surface area (Å²) < 4.78 is 2.22. The lowest BCUT2D eigenvalue weighted by molar-refractivity contribution is 0.508. The molecule has 0 atom stereocenters. The molecule has 0 heterocycles. The normalized spacial score (nSPS) is 12.1. The third-order valence-corrected chi connectivity index (χ3v) is 5.56. The Morgan fingerprint density at radius 2 is 1.67 bits per heavy atom. The molecule has 0 radical (unpaired) electrons. The summed E-state index contributed by atoms with van der Waals surface area (Å²) in [5.41, 5.74) is 0. The van der Waals surface area contributed by atoms with Crippen LogP contribution >= 0.6 is 0 Å². The number of hydrogen-bond acceptors (Lipinski definition) is 4. The molecule has 0 aliphatic heterocycles. The molecule has 0 amide bonds. The summed E-state index contributed by atoms with van der Waals surface area (Å²) in [4.78, 5) is 9.88. The molecule has 0 saturated carbocycles. The first kappa shape index (κ1) is 11.8. The molecule has 0 aromatic carbocycles. The molecule has 0 bridgehead atoms. The number of nitrogens with zero attached hydrogens (tertiary/aromatic N) is 1. The highest BCUT2D eigenvalue weighted by Crippen LogP contribution is 1.93. The van der Waals surface area contributed by atoms with Crippen LogP contribution in [0.1, 0.15) is 0 Å². The Kier molecular flexibility index (Phi) is 5.35. The van der Waals surface area contributed by atoms with Gasteiger partial charge in [-0.05, 0) is 28.2 Å². The van der Waals surface area contributed by atoms with E-state index in [-0.39, 0.29) is 0 Å². The Balaban J connectivity index is 4.34. The molecule has 0 rings (SSSR count). The first-order chi connectivity index (χ1) is 5.66. The monoisotopic (exact) mass is 188 g/mol. The first-order valence-electron chi connectivity index (χ1n) is 4.05. The van der Waals surface area contributed by atoms with Gasteiger partial charge in [-0.15, -0.1) is 6.58 Å². The molecule has 0 aromatic rings. The second kappa shape index (κ2) is 5.44. The Labute approximate surface area is 76.3 Å². The molecule has 0 spiro atoms. The maximum atomic E-state index is 3.71. The molecule has 3 N–H and O–H groups in total. The summed E-state index contributed by atoms with van der Waals surface area (Å²) in [6.07, 6.45) is 1.90. The van der Waals surface area contributed by atoms with Crippen molar-refractivity contribution in [2.45, 2.75) is 0 Å². The fourth-order valence-electron chi connectivity index (χ4n) is 1.28. The fourth-order valence-corrected chi connectivity index (χ4v) is 3.58. The van der Waals surface area contributed by atoms with Gasteiger partial charge in [0.2, 0.25) is 0 Å². The smallest absolute Gasteiger partial charge is 0.303 e. The van der Waals surface area contributed by atoms with E-state index in [4.69, 9.17) is 0 Å². The van der Waals surface area contributed by atoms with E-state index in [1.165, 1.54) is 0 Å². The molecule has 0 fully saturated rings. The third-order valence-electron chi connectivity index (χ3n) is 2.06. The second-order valence-corrected chi connectivity index (χ2v) is 6.31. The van der Waals surface area contributed by atoms with Gasteiger partial charge in [0.15, 0.2) is 0 Å². The Bertz CT molecular complexity index is 127. The van der Waals surface area contributed by atoms with Crippen molar-refractivity contribution < 1.29 is 0 Å². The minimum atomic E-state index is -1.83. The number of rotatable bonds is 6. The molecule has 72 valence electrons. The third kappa shape index (κ3) is 2.39. The molecule has 4 nitrogen and oxygen atoms in total. The van der Waals surface area contributed by atoms with Crippen molar-refractivity contribution in [3.8, 4) is 0 Å². The van der Waals surface area contributed by atoms with E-state index in [1.54, 1.807) is 0 Å². The largest absolute Gasteiger partial charge is 0.368 e. The van der Waals surface area contributed by atoms with E-state index in [0.717, 1.165) is 6.54 Å². The standard InChI is InChI=1S/C7H20N4Si/c1-6-7-11(5)12(8-2,9-3)10-4/h6,8-10H,1,7H2,2-5H3. The summed E-state index contributed by atoms with van der Waals surface area (Å²) >= 11 is 0. The summed E-state index contributed by atoms with van der Waals surface area (Å²) in [5, 5.41) is 0. The van der Waals surface area contributed by atoms with Gasteiger partial charge in [-0.25, -0.2) is 0 Å². The molecule has 0 aliphatic rings. The van der Waals surface area contributed by atoms with Gasteiger partial charge in [0, 0.05) is 6.54 Å². The molecular formula is C7H20N4Si. The highest BCUT2D eigenvalue weighted by molar-refractivity contribution is 6.69. The van der Waals surface area contributed by atoms with E-state index < -0.39 is 8.72 Å². The average molecular weight is 188 g/mol. The van der Waals surface area contributed by atoms with E-state index in [9.17, 15) is 0 Å². The second-order valence-electron chi connectivity index (χ2n) is 2.63. The van der Waals surface area contributed by atoms with Crippen LogP contribution in [-0.2, 0) is 0 Å². The topological polar surface area (TPSA) is 39.3 Å². The lowest BCUT2D eigenvalue weighted by Gasteiger charge is -2.36. The van der Waals surface area contributed by atoms with Gasteiger partial charge in [-0.1, -0.05) is 6.08 Å². The van der Waals surface area contributed by atoms with Crippen LogP contribution in [0.2, 0.25) is 0 Å². The van der Waals surface area contributed by atoms with Crippen LogP contribution in [0, 0.1) is 0 Å². The summed E-state index contributed by atoms with van der Waals surface area (Å²) in [7, 11) is 6.11. The molecule has 0 saturated heterocycles. The average Bonchev–Trinajstić information content (AvgIpc) is 2.09. The van der Waals surface area contributed by atoms with E-state index in [2.05, 4.69) is 33.1 Å². The molecule has 0 aromatic heterocycles. The van der Waals surface area contributed by atoms with Crippen molar-refractivity contribution in [3.63, 3.8) is 0 Å². The number of likely N-dealkylation sites (N-methyl/N-ethyl adjacent to an activating group) is 1. The van der Waals surface area contributed by atoms with Crippen molar-refractivity contribution in [3.05, 3.63) is 12.7 Å². The zero-order valence-electron chi connectivity index (χ0n) is 8.44. The van der Waals surface area contributed by atoms with Crippen molar-refractivity contribution in [1.82, 2.24) is 19.5 Å². The van der Waals surface area contributed by atoms with Crippen LogP contribution in [-0.4, -0.2) is 48.0 Å². The summed E-state index contributed by atoms with van der Waals surface area (Å²) in [5.74, 6) is 0. The first-order valence-corrected chi connectivity index (χ1v) is 6.00. The Morgan fingerprint density at radius 3 is 1.92 bits per heavy atom. The maximum absolute atomic E-state index is 3.71. The van der Waals surface area contributed by atoms with E-state index >= 15 is 0 Å². The predicted molar refractivity (Wildman–Crippen MR) is 55.8 cm³/mol. The van der Waals surface area contributed by atoms with Gasteiger partial charge < -0.3 is 14.9 Å². The number of hydrogen-bond donors (Lipinski definition) is 3. The van der Waals surface area contributed by atoms with Gasteiger partial charge in [0.1, 0.15) is 0 Å². The molecule has 12 heavy (non-hydrogen) atoms. The SMILES string of the molecule is C=CCN(C)[Si](NC)(NC)NC. The van der Waals surface area contributed by atoms with Gasteiger partial charge >= 0.3 is 8.72 Å². The molecule has 0 aliphatic carbocycles. The summed E-state index contributed by atoms with van der Waals surface area (Å²) in [6.45, 7) is 4.58. The fraction of sp³-hybridized carbons (Fsp3) is 0.714. The molecule has 0 unspecified atom stereocenters. The van der Waals surface area contributed by atoms with Gasteiger partial charge in [-0.2, -0.15) is 0 Å². The quantitative estimate of drug-likeness (QED) is 0.377. The van der Waals surface area contributed by atoms with Crippen LogP contribution in [0.3, 0.4) is 0 Å². The van der Waals surface area contributed by atoms with Crippen LogP contribution < -0.4 is 14.9 Å². The highest BCUT2D eigenvalue weighted by Gasteiger charge is 2.34. The van der Waals surface area contributed by atoms with Crippen LogP contribution in [0.5, 0.6) is 0 Å². The van der Waals surface area contributed by atoms with Crippen LogP contribution in [0.15, 0.2) is 12.7 Å². The maximum Gasteiger partial charge on any atom is 0.368 e. The van der Waals surface area contributed by atoms with Crippen molar-refractivity contribution >= 4 is 8.72 Å². The lowest BCUT2D eigenvalue weighted by atomic mass is 10.6. The zero-order valence-corrected chi connectivity index (χ0v) is 9.44. The van der Waals surface area contributed by atoms with Gasteiger partial charge in [0.05, 0.1) is 0 Å². The lowest BCUT2D eigenvalue weighted by Crippen LogP contribution is -2.78. The van der Waals surface area contributed by atoms with E-state index in [1.807, 2.05) is 27.2 Å². The van der Waals surface area contributed by atoms with E-state index in [0.29, 0.717) is 0 Å². The summed E-state index contributed by atoms with van der Waals surface area (Å²) in [6, 6.07) is 0. The number of nitrogens with one attached hydrogen (secondary N) is 3. The Morgan fingerprint density at radius 1 is 1.25 bits per heavy atom. The highest BCUT2D eigenvalue weighted by atomic mass is 28.4. The Hall–Kier alpha value is -0.203. The van der Waals surface area contributed by atoms with Crippen molar-refractivity contribution in [2.24, 2.45) is 0 Å².